The van der Waals surface area contributed by atoms with Gasteiger partial charge >= 0.3 is 0 Å². The van der Waals surface area contributed by atoms with Gasteiger partial charge in [0.2, 0.25) is 0 Å². The van der Waals surface area contributed by atoms with Crippen molar-refractivity contribution in [3.05, 3.63) is 46.1 Å². The molecule has 0 atom stereocenters. The van der Waals surface area contributed by atoms with Crippen LogP contribution < -0.4 is 41.7 Å². The van der Waals surface area contributed by atoms with Crippen molar-refractivity contribution in [3.8, 4) is 34.3 Å². The molecular formula is C36H56N4O6. The van der Waals surface area contributed by atoms with Gasteiger partial charge in [-0.2, -0.15) is 0 Å². The lowest BCUT2D eigenvalue weighted by molar-refractivity contribution is 0.291. The van der Waals surface area contributed by atoms with E-state index in [0.717, 1.165) is 90.4 Å². The zero-order chi connectivity index (χ0) is 33.0. The molecule has 0 spiro atoms. The first-order chi connectivity index (χ1) is 22.5. The van der Waals surface area contributed by atoms with E-state index in [1.807, 2.05) is 18.2 Å². The lowest BCUT2D eigenvalue weighted by Gasteiger charge is -2.17. The van der Waals surface area contributed by atoms with Crippen molar-refractivity contribution in [1.82, 2.24) is 10.6 Å². The number of aromatic hydroxyl groups is 1. The third-order valence-corrected chi connectivity index (χ3v) is 7.89. The molecule has 0 aliphatic rings. The van der Waals surface area contributed by atoms with Crippen LogP contribution >= 0.6 is 0 Å². The summed E-state index contributed by atoms with van der Waals surface area (Å²) >= 11 is 0. The van der Waals surface area contributed by atoms with Crippen molar-refractivity contribution in [1.29, 1.82) is 0 Å². The highest BCUT2D eigenvalue weighted by Gasteiger charge is 2.22. The lowest BCUT2D eigenvalue weighted by Crippen LogP contribution is -2.19. The summed E-state index contributed by atoms with van der Waals surface area (Å²) in [6.07, 6.45) is 10.2. The third kappa shape index (κ3) is 11.8. The van der Waals surface area contributed by atoms with Crippen molar-refractivity contribution in [2.24, 2.45) is 11.5 Å². The Morgan fingerprint density at radius 2 is 1.46 bits per heavy atom. The van der Waals surface area contributed by atoms with Crippen molar-refractivity contribution in [3.63, 3.8) is 0 Å². The first-order valence-electron chi connectivity index (χ1n) is 17.1. The van der Waals surface area contributed by atoms with Crippen LogP contribution in [0.1, 0.15) is 76.7 Å². The van der Waals surface area contributed by atoms with Crippen LogP contribution in [0.2, 0.25) is 0 Å². The highest BCUT2D eigenvalue weighted by Crippen LogP contribution is 2.39. The second kappa shape index (κ2) is 21.5. The SMILES string of the molecule is CCCCCCc1c(-c2ccc(OCCCCNCCCN)cc2OCCCCNCCCN)oc2cc(OC)cc(O)c2c1=O. The number of benzene rings is 2. The molecule has 3 aromatic rings. The Morgan fingerprint density at radius 3 is 2.11 bits per heavy atom. The van der Waals surface area contributed by atoms with Gasteiger partial charge in [0.15, 0.2) is 5.43 Å². The fraction of sp³-hybridized carbons (Fsp3) is 0.583. The van der Waals surface area contributed by atoms with Crippen LogP contribution in [0.5, 0.6) is 23.0 Å². The molecule has 0 aliphatic heterocycles. The molecule has 0 unspecified atom stereocenters. The summed E-state index contributed by atoms with van der Waals surface area (Å²) < 4.78 is 24.3. The largest absolute Gasteiger partial charge is 0.507 e. The number of phenolic OH excluding ortho intramolecular Hbond substituents is 1. The van der Waals surface area contributed by atoms with E-state index in [4.69, 9.17) is 30.1 Å². The molecule has 1 aromatic heterocycles. The van der Waals surface area contributed by atoms with E-state index in [-0.39, 0.29) is 22.1 Å². The summed E-state index contributed by atoms with van der Waals surface area (Å²) in [5.41, 5.74) is 12.4. The number of phenols is 1. The number of unbranched alkanes of at least 4 members (excludes halogenated alkanes) is 5. The van der Waals surface area contributed by atoms with Gasteiger partial charge in [-0.25, -0.2) is 0 Å². The van der Waals surface area contributed by atoms with Gasteiger partial charge in [-0.1, -0.05) is 26.2 Å². The summed E-state index contributed by atoms with van der Waals surface area (Å²) in [5.74, 6) is 2.01. The number of hydrogen-bond acceptors (Lipinski definition) is 10. The Morgan fingerprint density at radius 1 is 0.783 bits per heavy atom. The van der Waals surface area contributed by atoms with Crippen LogP contribution in [0, 0.1) is 0 Å². The molecule has 2 aromatic carbocycles. The quantitative estimate of drug-likeness (QED) is 0.0751. The molecule has 256 valence electrons. The van der Waals surface area contributed by atoms with Gasteiger partial charge in [-0.15, -0.1) is 0 Å². The smallest absolute Gasteiger partial charge is 0.200 e. The molecule has 0 bridgehead atoms. The monoisotopic (exact) mass is 640 g/mol. The van der Waals surface area contributed by atoms with Gasteiger partial charge in [0.25, 0.3) is 0 Å². The molecule has 10 nitrogen and oxygen atoms in total. The Bertz CT molecular complexity index is 1360. The van der Waals surface area contributed by atoms with Gasteiger partial charge < -0.3 is 45.8 Å². The van der Waals surface area contributed by atoms with E-state index in [9.17, 15) is 9.90 Å². The van der Waals surface area contributed by atoms with Gasteiger partial charge in [0, 0.05) is 23.8 Å². The molecular weight excluding hydrogens is 584 g/mol. The fourth-order valence-electron chi connectivity index (χ4n) is 5.28. The van der Waals surface area contributed by atoms with E-state index in [1.165, 1.54) is 13.2 Å². The molecule has 0 saturated heterocycles. The zero-order valence-electron chi connectivity index (χ0n) is 28.0. The first-order valence-corrected chi connectivity index (χ1v) is 17.1. The molecule has 7 N–H and O–H groups in total. The first kappa shape index (κ1) is 37.2. The maximum absolute atomic E-state index is 13.9. The second-order valence-corrected chi connectivity index (χ2v) is 11.6. The molecule has 10 heteroatoms. The minimum absolute atomic E-state index is 0.153. The van der Waals surface area contributed by atoms with Gasteiger partial charge in [0.05, 0.1) is 25.9 Å². The number of fused-ring (bicyclic) bond motifs is 1. The van der Waals surface area contributed by atoms with E-state index in [1.54, 1.807) is 6.07 Å². The van der Waals surface area contributed by atoms with Crippen molar-refractivity contribution < 1.29 is 23.7 Å². The van der Waals surface area contributed by atoms with E-state index in [0.29, 0.717) is 66.9 Å². The van der Waals surface area contributed by atoms with Gasteiger partial charge in [-0.05, 0) is 103 Å². The molecule has 3 rings (SSSR count). The molecule has 0 aliphatic carbocycles. The van der Waals surface area contributed by atoms with Crippen LogP contribution in [-0.2, 0) is 6.42 Å². The van der Waals surface area contributed by atoms with Crippen LogP contribution in [0.4, 0.5) is 0 Å². The molecule has 0 fully saturated rings. The average molecular weight is 641 g/mol. The fourth-order valence-corrected chi connectivity index (χ4v) is 5.28. The summed E-state index contributed by atoms with van der Waals surface area (Å²) in [4.78, 5) is 13.9. The number of rotatable bonds is 25. The zero-order valence-corrected chi connectivity index (χ0v) is 28.0. The maximum atomic E-state index is 13.9. The number of ether oxygens (including phenoxy) is 3. The molecule has 0 saturated carbocycles. The topological polar surface area (TPSA) is 154 Å². The van der Waals surface area contributed by atoms with E-state index in [2.05, 4.69) is 17.6 Å². The summed E-state index contributed by atoms with van der Waals surface area (Å²) in [6.45, 7) is 8.29. The predicted molar refractivity (Wildman–Crippen MR) is 187 cm³/mol. The minimum Gasteiger partial charge on any atom is -0.507 e. The lowest BCUT2D eigenvalue weighted by atomic mass is 9.98. The summed E-state index contributed by atoms with van der Waals surface area (Å²) in [7, 11) is 1.51. The minimum atomic E-state index is -0.234. The van der Waals surface area contributed by atoms with Crippen LogP contribution in [-0.4, -0.2) is 64.7 Å². The second-order valence-electron chi connectivity index (χ2n) is 11.6. The average Bonchev–Trinajstić information content (AvgIpc) is 3.06. The van der Waals surface area contributed by atoms with Gasteiger partial charge in [0.1, 0.15) is 39.7 Å². The maximum Gasteiger partial charge on any atom is 0.200 e. The summed E-state index contributed by atoms with van der Waals surface area (Å²) in [5, 5.41) is 17.7. The summed E-state index contributed by atoms with van der Waals surface area (Å²) in [6, 6.07) is 8.79. The normalized spacial score (nSPS) is 11.3. The van der Waals surface area contributed by atoms with Gasteiger partial charge in [-0.3, -0.25) is 4.79 Å². The number of hydrogen-bond donors (Lipinski definition) is 5. The predicted octanol–water partition coefficient (Wildman–Crippen LogP) is 5.49. The number of methoxy groups -OCH3 is 1. The Hall–Kier alpha value is -3.31. The van der Waals surface area contributed by atoms with E-state index < -0.39 is 0 Å². The Labute approximate surface area is 274 Å². The van der Waals surface area contributed by atoms with E-state index >= 15 is 0 Å². The van der Waals surface area contributed by atoms with Crippen molar-refractivity contribution in [2.45, 2.75) is 77.6 Å². The highest BCUT2D eigenvalue weighted by molar-refractivity contribution is 5.88. The number of nitrogens with one attached hydrogen (secondary N) is 2. The molecule has 1 heterocycles. The van der Waals surface area contributed by atoms with Crippen molar-refractivity contribution in [2.75, 3.05) is 59.6 Å². The van der Waals surface area contributed by atoms with Crippen LogP contribution in [0.3, 0.4) is 0 Å². The van der Waals surface area contributed by atoms with Crippen molar-refractivity contribution >= 4 is 11.0 Å². The standard InChI is InChI=1S/C36H56N4O6/c1-3-4-5-6-13-30-35(42)34-31(41)24-28(43-2)26-33(34)46-36(30)29-15-14-27(44-22-9-7-18-39-20-11-16-37)25-32(29)45-23-10-8-19-40-21-12-17-38/h14-15,24-26,39-41H,3-13,16-23,37-38H2,1-2H3. The third-order valence-electron chi connectivity index (χ3n) is 7.89. The Balaban J connectivity index is 1.89. The van der Waals surface area contributed by atoms with Crippen LogP contribution in [0.25, 0.3) is 22.3 Å². The Kier molecular flexibility index (Phi) is 17.3. The molecule has 0 radical (unpaired) electrons. The molecule has 0 amide bonds. The highest BCUT2D eigenvalue weighted by atomic mass is 16.5. The van der Waals surface area contributed by atoms with Crippen LogP contribution in [0.15, 0.2) is 39.5 Å². The number of nitrogens with two attached hydrogens (primary N) is 2. The molecule has 46 heavy (non-hydrogen) atoms.